The number of nitrogens with two attached hydrogens (primary N) is 1. The van der Waals surface area contributed by atoms with Crippen LogP contribution in [0.3, 0.4) is 0 Å². The predicted octanol–water partition coefficient (Wildman–Crippen LogP) is 1.68. The smallest absolute Gasteiger partial charge is 0.0884 e. The summed E-state index contributed by atoms with van der Waals surface area (Å²) in [7, 11) is 0. The maximum Gasteiger partial charge on any atom is 0.0884 e. The maximum absolute atomic E-state index is 5.86. The standard InChI is InChI=1S/C9H13N3/c10-8-5-12(7-3-4-7)11-9(8)6-1-2-6/h5-7H,1-4,10H2. The average molecular weight is 163 g/mol. The van der Waals surface area contributed by atoms with Crippen molar-refractivity contribution in [2.24, 2.45) is 0 Å². The Bertz CT molecular complexity index is 308. The molecule has 64 valence electrons. The van der Waals surface area contributed by atoms with Crippen LogP contribution >= 0.6 is 0 Å². The second-order valence-electron chi connectivity index (χ2n) is 3.96. The summed E-state index contributed by atoms with van der Waals surface area (Å²) in [6.07, 6.45) is 7.14. The summed E-state index contributed by atoms with van der Waals surface area (Å²) < 4.78 is 2.06. The number of hydrogen-bond acceptors (Lipinski definition) is 2. The lowest BCUT2D eigenvalue weighted by atomic mass is 10.3. The van der Waals surface area contributed by atoms with Crippen LogP contribution in [0.2, 0.25) is 0 Å². The van der Waals surface area contributed by atoms with Gasteiger partial charge in [-0.3, -0.25) is 4.68 Å². The minimum Gasteiger partial charge on any atom is -0.396 e. The summed E-state index contributed by atoms with van der Waals surface area (Å²) in [5, 5.41) is 4.53. The molecule has 0 bridgehead atoms. The van der Waals surface area contributed by atoms with E-state index in [2.05, 4.69) is 9.78 Å². The van der Waals surface area contributed by atoms with E-state index in [1.54, 1.807) is 0 Å². The largest absolute Gasteiger partial charge is 0.396 e. The lowest BCUT2D eigenvalue weighted by molar-refractivity contribution is 0.630. The fraction of sp³-hybridized carbons (Fsp3) is 0.667. The van der Waals surface area contributed by atoms with Crippen molar-refractivity contribution in [3.63, 3.8) is 0 Å². The Morgan fingerprint density at radius 2 is 2.08 bits per heavy atom. The van der Waals surface area contributed by atoms with Crippen molar-refractivity contribution in [1.82, 2.24) is 9.78 Å². The Morgan fingerprint density at radius 3 is 2.67 bits per heavy atom. The van der Waals surface area contributed by atoms with Gasteiger partial charge in [0.05, 0.1) is 17.4 Å². The number of rotatable bonds is 2. The van der Waals surface area contributed by atoms with Gasteiger partial charge in [-0.25, -0.2) is 0 Å². The number of nitrogens with zero attached hydrogens (tertiary/aromatic N) is 2. The summed E-state index contributed by atoms with van der Waals surface area (Å²) >= 11 is 0. The molecule has 0 aliphatic heterocycles. The third kappa shape index (κ3) is 0.924. The topological polar surface area (TPSA) is 43.8 Å². The van der Waals surface area contributed by atoms with Crippen molar-refractivity contribution < 1.29 is 0 Å². The van der Waals surface area contributed by atoms with Gasteiger partial charge in [0.25, 0.3) is 0 Å². The molecule has 12 heavy (non-hydrogen) atoms. The van der Waals surface area contributed by atoms with Crippen LogP contribution in [0, 0.1) is 0 Å². The second-order valence-corrected chi connectivity index (χ2v) is 3.96. The fourth-order valence-electron chi connectivity index (χ4n) is 1.62. The van der Waals surface area contributed by atoms with Gasteiger partial charge in [0.2, 0.25) is 0 Å². The van der Waals surface area contributed by atoms with E-state index in [1.807, 2.05) is 6.20 Å². The Balaban J connectivity index is 1.96. The van der Waals surface area contributed by atoms with E-state index in [-0.39, 0.29) is 0 Å². The van der Waals surface area contributed by atoms with Crippen molar-refractivity contribution in [1.29, 1.82) is 0 Å². The molecule has 2 saturated carbocycles. The van der Waals surface area contributed by atoms with E-state index >= 15 is 0 Å². The van der Waals surface area contributed by atoms with Gasteiger partial charge in [0, 0.05) is 12.1 Å². The van der Waals surface area contributed by atoms with E-state index in [4.69, 9.17) is 5.73 Å². The van der Waals surface area contributed by atoms with Gasteiger partial charge >= 0.3 is 0 Å². The summed E-state index contributed by atoms with van der Waals surface area (Å²) in [6.45, 7) is 0. The van der Waals surface area contributed by atoms with E-state index < -0.39 is 0 Å². The lowest BCUT2D eigenvalue weighted by Crippen LogP contribution is -1.94. The molecule has 1 heterocycles. The molecule has 3 heteroatoms. The van der Waals surface area contributed by atoms with E-state index in [0.717, 1.165) is 11.4 Å². The van der Waals surface area contributed by atoms with E-state index in [9.17, 15) is 0 Å². The maximum atomic E-state index is 5.86. The van der Waals surface area contributed by atoms with Crippen LogP contribution in [0.5, 0.6) is 0 Å². The summed E-state index contributed by atoms with van der Waals surface area (Å²) in [5.41, 5.74) is 7.93. The minimum atomic E-state index is 0.666. The molecule has 3 nitrogen and oxygen atoms in total. The fourth-order valence-corrected chi connectivity index (χ4v) is 1.62. The van der Waals surface area contributed by atoms with Crippen LogP contribution in [0.1, 0.15) is 43.3 Å². The molecular weight excluding hydrogens is 150 g/mol. The van der Waals surface area contributed by atoms with Crippen LogP contribution in [0.4, 0.5) is 5.69 Å². The van der Waals surface area contributed by atoms with Crippen molar-refractivity contribution in [3.05, 3.63) is 11.9 Å². The lowest BCUT2D eigenvalue weighted by Gasteiger charge is -1.93. The number of aromatic nitrogens is 2. The Kier molecular flexibility index (Phi) is 1.10. The summed E-state index contributed by atoms with van der Waals surface area (Å²) in [4.78, 5) is 0. The molecule has 2 aliphatic carbocycles. The van der Waals surface area contributed by atoms with Crippen molar-refractivity contribution in [2.45, 2.75) is 37.6 Å². The molecule has 1 aromatic heterocycles. The summed E-state index contributed by atoms with van der Waals surface area (Å²) in [6, 6.07) is 0.666. The third-order valence-corrected chi connectivity index (χ3v) is 2.68. The van der Waals surface area contributed by atoms with E-state index in [0.29, 0.717) is 12.0 Å². The van der Waals surface area contributed by atoms with Gasteiger partial charge in [-0.1, -0.05) is 0 Å². The molecule has 0 aromatic carbocycles. The first-order valence-corrected chi connectivity index (χ1v) is 4.69. The molecule has 0 radical (unpaired) electrons. The van der Waals surface area contributed by atoms with Crippen LogP contribution in [-0.2, 0) is 0 Å². The number of hydrogen-bond donors (Lipinski definition) is 1. The molecule has 0 atom stereocenters. The van der Waals surface area contributed by atoms with Crippen LogP contribution < -0.4 is 5.73 Å². The molecule has 0 spiro atoms. The summed E-state index contributed by atoms with van der Waals surface area (Å²) in [5.74, 6) is 0.685. The third-order valence-electron chi connectivity index (χ3n) is 2.68. The molecule has 0 amide bonds. The highest BCUT2D eigenvalue weighted by Gasteiger charge is 2.31. The number of anilines is 1. The predicted molar refractivity (Wildman–Crippen MR) is 46.9 cm³/mol. The van der Waals surface area contributed by atoms with Gasteiger partial charge in [-0.05, 0) is 25.7 Å². The van der Waals surface area contributed by atoms with Crippen LogP contribution in [-0.4, -0.2) is 9.78 Å². The molecule has 2 fully saturated rings. The zero-order chi connectivity index (χ0) is 8.13. The Hall–Kier alpha value is -0.990. The van der Waals surface area contributed by atoms with Gasteiger partial charge in [-0.15, -0.1) is 0 Å². The SMILES string of the molecule is Nc1cn(C2CC2)nc1C1CC1. The molecule has 0 saturated heterocycles. The molecule has 0 unspecified atom stereocenters. The van der Waals surface area contributed by atoms with Gasteiger partial charge in [0.1, 0.15) is 0 Å². The molecule has 2 N–H and O–H groups in total. The average Bonchev–Trinajstić information content (AvgIpc) is 2.93. The molecule has 1 aromatic rings. The first kappa shape index (κ1) is 6.52. The van der Waals surface area contributed by atoms with Crippen LogP contribution in [0.25, 0.3) is 0 Å². The zero-order valence-corrected chi connectivity index (χ0v) is 7.03. The van der Waals surface area contributed by atoms with Gasteiger partial charge < -0.3 is 5.73 Å². The Morgan fingerprint density at radius 1 is 1.33 bits per heavy atom. The van der Waals surface area contributed by atoms with Crippen LogP contribution in [0.15, 0.2) is 6.20 Å². The minimum absolute atomic E-state index is 0.666. The molecule has 2 aliphatic rings. The number of nitrogen functional groups attached to an aromatic ring is 1. The second kappa shape index (κ2) is 2.03. The quantitative estimate of drug-likeness (QED) is 0.720. The first-order chi connectivity index (χ1) is 5.84. The highest BCUT2D eigenvalue weighted by molar-refractivity contribution is 5.44. The zero-order valence-electron chi connectivity index (χ0n) is 7.03. The molecule has 3 rings (SSSR count). The van der Waals surface area contributed by atoms with Gasteiger partial charge in [0.15, 0.2) is 0 Å². The van der Waals surface area contributed by atoms with Gasteiger partial charge in [-0.2, -0.15) is 5.10 Å². The first-order valence-electron chi connectivity index (χ1n) is 4.69. The molecular formula is C9H13N3. The highest BCUT2D eigenvalue weighted by atomic mass is 15.3. The normalized spacial score (nSPS) is 23.0. The van der Waals surface area contributed by atoms with Crippen molar-refractivity contribution >= 4 is 5.69 Å². The van der Waals surface area contributed by atoms with Crippen molar-refractivity contribution in [3.8, 4) is 0 Å². The van der Waals surface area contributed by atoms with E-state index in [1.165, 1.54) is 25.7 Å². The monoisotopic (exact) mass is 163 g/mol. The van der Waals surface area contributed by atoms with Crippen molar-refractivity contribution in [2.75, 3.05) is 5.73 Å². The highest BCUT2D eigenvalue weighted by Crippen LogP contribution is 2.43. The Labute approximate surface area is 71.6 Å².